The quantitative estimate of drug-likeness (QED) is 0.660. The van der Waals surface area contributed by atoms with Gasteiger partial charge in [0.25, 0.3) is 0 Å². The van der Waals surface area contributed by atoms with Crippen LogP contribution in [0.25, 0.3) is 10.9 Å². The third-order valence-electron chi connectivity index (χ3n) is 3.83. The van der Waals surface area contributed by atoms with Gasteiger partial charge in [-0.2, -0.15) is 5.26 Å². The fourth-order valence-corrected chi connectivity index (χ4v) is 2.73. The van der Waals surface area contributed by atoms with Crippen molar-refractivity contribution < 1.29 is 14.3 Å². The van der Waals surface area contributed by atoms with Crippen LogP contribution in [0.5, 0.6) is 11.5 Å². The topological polar surface area (TPSA) is 67.6 Å². The van der Waals surface area contributed by atoms with Crippen LogP contribution in [0, 0.1) is 11.3 Å². The van der Waals surface area contributed by atoms with Gasteiger partial charge in [-0.1, -0.05) is 12.1 Å². The molecule has 0 aliphatic rings. The zero-order valence-electron chi connectivity index (χ0n) is 14.2. The summed E-state index contributed by atoms with van der Waals surface area (Å²) in [6.45, 7) is 0. The number of nitrogens with zero attached hydrogens (tertiary/aromatic N) is 3. The van der Waals surface area contributed by atoms with E-state index in [1.165, 1.54) is 0 Å². The Labute approximate surface area is 145 Å². The number of pyridine rings is 1. The number of fused-ring (bicyclic) bond motifs is 1. The Morgan fingerprint density at radius 1 is 1.00 bits per heavy atom. The van der Waals surface area contributed by atoms with Gasteiger partial charge in [0.1, 0.15) is 11.8 Å². The summed E-state index contributed by atoms with van der Waals surface area (Å²) in [7, 11) is 4.73. The highest BCUT2D eigenvalue weighted by Gasteiger charge is 2.20. The molecule has 0 bridgehead atoms. The molecule has 0 fully saturated rings. The molecule has 0 radical (unpaired) electrons. The summed E-state index contributed by atoms with van der Waals surface area (Å²) in [5, 5.41) is 11.6. The maximum atomic E-state index is 9.18. The second kappa shape index (κ2) is 7.07. The van der Waals surface area contributed by atoms with Gasteiger partial charge in [0, 0.05) is 11.6 Å². The van der Waals surface area contributed by atoms with Crippen molar-refractivity contribution in [2.45, 2.75) is 0 Å². The predicted molar refractivity (Wildman–Crippen MR) is 95.2 cm³/mol. The minimum Gasteiger partial charge on any atom is -0.493 e. The molecule has 0 amide bonds. The molecule has 25 heavy (non-hydrogen) atoms. The molecule has 0 unspecified atom stereocenters. The molecule has 0 spiro atoms. The fraction of sp³-hybridized carbons (Fsp3) is 0.158. The van der Waals surface area contributed by atoms with Crippen LogP contribution in [-0.4, -0.2) is 26.3 Å². The van der Waals surface area contributed by atoms with Gasteiger partial charge in [-0.15, -0.1) is 0 Å². The summed E-state index contributed by atoms with van der Waals surface area (Å²) in [5.41, 5.74) is 2.67. The summed E-state index contributed by atoms with van der Waals surface area (Å²) in [6.07, 6.45) is 1.55. The highest BCUT2D eigenvalue weighted by molar-refractivity contribution is 5.94. The molecule has 2 aromatic carbocycles. The van der Waals surface area contributed by atoms with Crippen LogP contribution in [0.3, 0.4) is 0 Å². The first-order valence-corrected chi connectivity index (χ1v) is 7.57. The van der Waals surface area contributed by atoms with Gasteiger partial charge >= 0.3 is 0 Å². The number of nitriles is 1. The molecule has 6 nitrogen and oxygen atoms in total. The molecule has 3 aromatic rings. The highest BCUT2D eigenvalue weighted by atomic mass is 16.7. The number of para-hydroxylation sites is 1. The van der Waals surface area contributed by atoms with Crippen molar-refractivity contribution in [2.24, 2.45) is 0 Å². The minimum atomic E-state index is 0.480. The van der Waals surface area contributed by atoms with E-state index in [0.717, 1.165) is 16.6 Å². The summed E-state index contributed by atoms with van der Waals surface area (Å²) in [5.74, 6) is 1.14. The molecule has 0 aliphatic carbocycles. The molecular formula is C19H17N3O3. The predicted octanol–water partition coefficient (Wildman–Crippen LogP) is 3.82. The van der Waals surface area contributed by atoms with Crippen LogP contribution in [0.4, 0.5) is 11.4 Å². The van der Waals surface area contributed by atoms with Crippen molar-refractivity contribution in [1.29, 1.82) is 5.26 Å². The zero-order valence-corrected chi connectivity index (χ0v) is 14.2. The Morgan fingerprint density at radius 3 is 2.44 bits per heavy atom. The molecule has 0 saturated carbocycles. The van der Waals surface area contributed by atoms with Gasteiger partial charge < -0.3 is 9.47 Å². The first-order chi connectivity index (χ1) is 12.2. The van der Waals surface area contributed by atoms with E-state index in [-0.39, 0.29) is 0 Å². The Hall–Kier alpha value is -3.30. The lowest BCUT2D eigenvalue weighted by Crippen LogP contribution is -2.16. The number of rotatable bonds is 5. The summed E-state index contributed by atoms with van der Waals surface area (Å²) in [6, 6.07) is 15.1. The summed E-state index contributed by atoms with van der Waals surface area (Å²) in [4.78, 5) is 9.97. The van der Waals surface area contributed by atoms with Crippen molar-refractivity contribution in [3.8, 4) is 17.6 Å². The maximum absolute atomic E-state index is 9.18. The average molecular weight is 335 g/mol. The highest BCUT2D eigenvalue weighted by Crippen LogP contribution is 2.42. The van der Waals surface area contributed by atoms with Gasteiger partial charge in [-0.3, -0.25) is 9.82 Å². The van der Waals surface area contributed by atoms with Crippen LogP contribution >= 0.6 is 0 Å². The van der Waals surface area contributed by atoms with Crippen molar-refractivity contribution in [1.82, 2.24) is 4.98 Å². The number of methoxy groups -OCH3 is 2. The van der Waals surface area contributed by atoms with E-state index in [4.69, 9.17) is 14.3 Å². The monoisotopic (exact) mass is 335 g/mol. The normalized spacial score (nSPS) is 10.3. The fourth-order valence-electron chi connectivity index (χ4n) is 2.73. The van der Waals surface area contributed by atoms with Crippen LogP contribution < -0.4 is 14.5 Å². The van der Waals surface area contributed by atoms with Gasteiger partial charge in [0.05, 0.1) is 38.1 Å². The van der Waals surface area contributed by atoms with Crippen LogP contribution in [0.15, 0.2) is 48.7 Å². The third-order valence-corrected chi connectivity index (χ3v) is 3.83. The smallest absolute Gasteiger partial charge is 0.187 e. The minimum absolute atomic E-state index is 0.480. The van der Waals surface area contributed by atoms with Crippen molar-refractivity contribution >= 4 is 22.3 Å². The van der Waals surface area contributed by atoms with Crippen LogP contribution in [0.2, 0.25) is 0 Å². The van der Waals surface area contributed by atoms with Crippen LogP contribution in [0.1, 0.15) is 5.56 Å². The van der Waals surface area contributed by atoms with Gasteiger partial charge in [-0.05, 0) is 30.3 Å². The van der Waals surface area contributed by atoms with Crippen molar-refractivity contribution in [2.75, 3.05) is 26.4 Å². The van der Waals surface area contributed by atoms with Crippen molar-refractivity contribution in [3.63, 3.8) is 0 Å². The molecule has 0 saturated heterocycles. The molecule has 126 valence electrons. The Morgan fingerprint density at radius 2 is 1.76 bits per heavy atom. The average Bonchev–Trinajstić information content (AvgIpc) is 2.68. The molecule has 0 N–H and O–H groups in total. The molecule has 0 atom stereocenters. The molecule has 1 heterocycles. The van der Waals surface area contributed by atoms with E-state index >= 15 is 0 Å². The Balaban J connectivity index is 2.24. The number of hydrogen-bond acceptors (Lipinski definition) is 6. The molecule has 3 rings (SSSR count). The SMILES string of the molecule is COc1cccc(N(OC)c2cccc3ncc(C#N)cc23)c1OC. The number of aromatic nitrogens is 1. The number of benzene rings is 2. The standard InChI is InChI=1S/C19H17N3O3/c1-23-18-9-5-8-17(19(18)24-2)22(25-3)16-7-4-6-15-14(16)10-13(11-20)12-21-15/h4-10,12H,1-3H3. The van der Waals surface area contributed by atoms with Gasteiger partial charge in [0.2, 0.25) is 0 Å². The van der Waals surface area contributed by atoms with Crippen LogP contribution in [-0.2, 0) is 4.84 Å². The summed E-state index contributed by atoms with van der Waals surface area (Å²) < 4.78 is 10.9. The lowest BCUT2D eigenvalue weighted by Gasteiger charge is -2.25. The van der Waals surface area contributed by atoms with E-state index in [2.05, 4.69) is 11.1 Å². The maximum Gasteiger partial charge on any atom is 0.187 e. The van der Waals surface area contributed by atoms with E-state index in [1.54, 1.807) is 38.7 Å². The molecular weight excluding hydrogens is 318 g/mol. The number of ether oxygens (including phenoxy) is 2. The Kier molecular flexibility index (Phi) is 4.68. The van der Waals surface area contributed by atoms with E-state index in [0.29, 0.717) is 22.7 Å². The first-order valence-electron chi connectivity index (χ1n) is 7.57. The van der Waals surface area contributed by atoms with E-state index in [9.17, 15) is 5.26 Å². The van der Waals surface area contributed by atoms with Gasteiger partial charge in [0.15, 0.2) is 11.5 Å². The lowest BCUT2D eigenvalue weighted by molar-refractivity contribution is 0.199. The van der Waals surface area contributed by atoms with E-state index in [1.807, 2.05) is 36.4 Å². The second-order valence-corrected chi connectivity index (χ2v) is 5.17. The number of hydrogen-bond donors (Lipinski definition) is 0. The molecule has 0 aliphatic heterocycles. The molecule has 1 aromatic heterocycles. The van der Waals surface area contributed by atoms with E-state index < -0.39 is 0 Å². The Bertz CT molecular complexity index is 950. The van der Waals surface area contributed by atoms with Crippen molar-refractivity contribution in [3.05, 3.63) is 54.2 Å². The number of anilines is 2. The second-order valence-electron chi connectivity index (χ2n) is 5.17. The third kappa shape index (κ3) is 2.93. The molecule has 6 heteroatoms. The largest absolute Gasteiger partial charge is 0.493 e. The summed E-state index contributed by atoms with van der Waals surface area (Å²) >= 11 is 0. The lowest BCUT2D eigenvalue weighted by atomic mass is 10.1. The first kappa shape index (κ1) is 16.6. The van der Waals surface area contributed by atoms with Gasteiger partial charge in [-0.25, -0.2) is 5.06 Å². The zero-order chi connectivity index (χ0) is 17.8.